The van der Waals surface area contributed by atoms with E-state index < -0.39 is 0 Å². The van der Waals surface area contributed by atoms with Gasteiger partial charge < -0.3 is 9.88 Å². The molecular weight excluding hydrogens is 278 g/mol. The lowest BCUT2D eigenvalue weighted by atomic mass is 10.1. The molecule has 3 unspecified atom stereocenters. The molecule has 1 aliphatic rings. The van der Waals surface area contributed by atoms with Gasteiger partial charge >= 0.3 is 0 Å². The van der Waals surface area contributed by atoms with Gasteiger partial charge in [-0.25, -0.2) is 4.98 Å². The van der Waals surface area contributed by atoms with Crippen molar-refractivity contribution in [1.29, 1.82) is 0 Å². The average molecular weight is 296 g/mol. The molecule has 3 rings (SSSR count). The summed E-state index contributed by atoms with van der Waals surface area (Å²) < 4.78 is 3.10. The number of halogens is 1. The zero-order valence-electron chi connectivity index (χ0n) is 10.9. The molecule has 1 fully saturated rings. The summed E-state index contributed by atoms with van der Waals surface area (Å²) in [6.45, 7) is 2.21. The van der Waals surface area contributed by atoms with Crippen molar-refractivity contribution in [2.45, 2.75) is 44.3 Å². The molecule has 2 aromatic rings. The Hall–Kier alpha value is -0.840. The van der Waals surface area contributed by atoms with Crippen LogP contribution in [-0.4, -0.2) is 15.6 Å². The molecule has 0 bridgehead atoms. The molecule has 1 aliphatic carbocycles. The highest BCUT2D eigenvalue weighted by Crippen LogP contribution is 2.33. The van der Waals surface area contributed by atoms with Gasteiger partial charge in [0.15, 0.2) is 0 Å². The number of hydrogen-bond acceptors (Lipinski definition) is 3. The highest BCUT2D eigenvalue weighted by molar-refractivity contribution is 7.16. The molecule has 0 spiro atoms. The van der Waals surface area contributed by atoms with Gasteiger partial charge in [-0.05, 0) is 38.3 Å². The largest absolute Gasteiger partial charge is 0.333 e. The number of aromatic nitrogens is 2. The number of nitrogens with one attached hydrogen (secondary N) is 1. The summed E-state index contributed by atoms with van der Waals surface area (Å²) in [6.07, 6.45) is 9.59. The number of imidazole rings is 1. The Morgan fingerprint density at radius 1 is 1.47 bits per heavy atom. The third-order valence-electron chi connectivity index (χ3n) is 3.87. The van der Waals surface area contributed by atoms with E-state index in [4.69, 9.17) is 11.6 Å². The number of thiophene rings is 1. The van der Waals surface area contributed by atoms with Gasteiger partial charge in [-0.15, -0.1) is 11.3 Å². The quantitative estimate of drug-likeness (QED) is 0.922. The topological polar surface area (TPSA) is 29.9 Å². The minimum atomic E-state index is 0.353. The van der Waals surface area contributed by atoms with E-state index in [0.717, 1.165) is 4.34 Å². The second kappa shape index (κ2) is 5.65. The molecule has 0 aliphatic heterocycles. The lowest BCUT2D eigenvalue weighted by Crippen LogP contribution is -2.35. The fraction of sp³-hybridized carbons (Fsp3) is 0.500. The maximum Gasteiger partial charge on any atom is 0.0949 e. The van der Waals surface area contributed by atoms with Gasteiger partial charge in [-0.2, -0.15) is 0 Å². The molecule has 1 N–H and O–H groups in total. The van der Waals surface area contributed by atoms with Crippen molar-refractivity contribution in [3.63, 3.8) is 0 Å². The number of hydrogen-bond donors (Lipinski definition) is 1. The van der Waals surface area contributed by atoms with Crippen LogP contribution in [0.4, 0.5) is 0 Å². The Kier molecular flexibility index (Phi) is 3.91. The molecule has 2 aromatic heterocycles. The van der Waals surface area contributed by atoms with Gasteiger partial charge in [-0.3, -0.25) is 0 Å². The van der Waals surface area contributed by atoms with E-state index in [1.165, 1.54) is 24.1 Å². The van der Waals surface area contributed by atoms with E-state index in [1.807, 2.05) is 18.6 Å². The normalized spacial score (nSPS) is 24.7. The summed E-state index contributed by atoms with van der Waals surface area (Å²) in [7, 11) is 0. The van der Waals surface area contributed by atoms with Crippen LogP contribution in [0.25, 0.3) is 0 Å². The van der Waals surface area contributed by atoms with Gasteiger partial charge in [0.25, 0.3) is 0 Å². The summed E-state index contributed by atoms with van der Waals surface area (Å²) >= 11 is 7.67. The predicted molar refractivity (Wildman–Crippen MR) is 79.8 cm³/mol. The molecule has 5 heteroatoms. The number of nitrogens with zero attached hydrogens (tertiary/aromatic N) is 2. The van der Waals surface area contributed by atoms with Gasteiger partial charge in [0.05, 0.1) is 10.7 Å². The van der Waals surface area contributed by atoms with Gasteiger partial charge in [-0.1, -0.05) is 11.6 Å². The van der Waals surface area contributed by atoms with Crippen LogP contribution in [0, 0.1) is 0 Å². The van der Waals surface area contributed by atoms with Gasteiger partial charge in [0.1, 0.15) is 0 Å². The first-order valence-corrected chi connectivity index (χ1v) is 7.92. The molecular formula is C14H18ClN3S. The van der Waals surface area contributed by atoms with Crippen LogP contribution in [0.3, 0.4) is 0 Å². The summed E-state index contributed by atoms with van der Waals surface area (Å²) in [5, 5.41) is 3.75. The third-order valence-corrected chi connectivity index (χ3v) is 5.29. The molecule has 0 radical (unpaired) electrons. The van der Waals surface area contributed by atoms with Crippen molar-refractivity contribution < 1.29 is 0 Å². The van der Waals surface area contributed by atoms with E-state index >= 15 is 0 Å². The van der Waals surface area contributed by atoms with Crippen LogP contribution in [0.1, 0.15) is 43.1 Å². The fourth-order valence-electron chi connectivity index (χ4n) is 2.92. The molecule has 102 valence electrons. The first-order valence-electron chi connectivity index (χ1n) is 6.73. The Morgan fingerprint density at radius 2 is 2.37 bits per heavy atom. The van der Waals surface area contributed by atoms with E-state index in [-0.39, 0.29) is 0 Å². The average Bonchev–Trinajstić information content (AvgIpc) is 3.07. The summed E-state index contributed by atoms with van der Waals surface area (Å²) in [5.41, 5.74) is 0. The van der Waals surface area contributed by atoms with Gasteiger partial charge in [0, 0.05) is 35.4 Å². The maximum atomic E-state index is 6.01. The molecule has 3 atom stereocenters. The molecule has 19 heavy (non-hydrogen) atoms. The zero-order chi connectivity index (χ0) is 13.2. The molecule has 0 aromatic carbocycles. The Morgan fingerprint density at radius 3 is 3.05 bits per heavy atom. The van der Waals surface area contributed by atoms with E-state index in [1.54, 1.807) is 11.3 Å². The first-order chi connectivity index (χ1) is 9.24. The Balaban J connectivity index is 1.68. The smallest absolute Gasteiger partial charge is 0.0949 e. The van der Waals surface area contributed by atoms with Crippen LogP contribution in [-0.2, 0) is 0 Å². The van der Waals surface area contributed by atoms with Crippen LogP contribution < -0.4 is 5.32 Å². The van der Waals surface area contributed by atoms with Crippen LogP contribution in [0.15, 0.2) is 30.9 Å². The summed E-state index contributed by atoms with van der Waals surface area (Å²) in [5.74, 6) is 0. The van der Waals surface area contributed by atoms with Crippen molar-refractivity contribution in [3.8, 4) is 0 Å². The zero-order valence-corrected chi connectivity index (χ0v) is 12.5. The summed E-state index contributed by atoms with van der Waals surface area (Å²) in [6, 6.07) is 5.49. The first kappa shape index (κ1) is 13.2. The second-order valence-corrected chi connectivity index (χ2v) is 6.89. The predicted octanol–water partition coefficient (Wildman–Crippen LogP) is 4.04. The summed E-state index contributed by atoms with van der Waals surface area (Å²) in [4.78, 5) is 5.47. The number of rotatable bonds is 4. The van der Waals surface area contributed by atoms with E-state index in [9.17, 15) is 0 Å². The van der Waals surface area contributed by atoms with Crippen molar-refractivity contribution in [3.05, 3.63) is 40.1 Å². The lowest BCUT2D eigenvalue weighted by molar-refractivity contribution is 0.364. The lowest BCUT2D eigenvalue weighted by Gasteiger charge is -2.25. The third kappa shape index (κ3) is 2.86. The van der Waals surface area contributed by atoms with Crippen LogP contribution >= 0.6 is 22.9 Å². The Bertz CT molecular complexity index is 523. The Labute approximate surface area is 122 Å². The van der Waals surface area contributed by atoms with Crippen molar-refractivity contribution in [1.82, 2.24) is 14.9 Å². The molecule has 0 amide bonds. The fourth-order valence-corrected chi connectivity index (χ4v) is 3.99. The van der Waals surface area contributed by atoms with Gasteiger partial charge in [0.2, 0.25) is 0 Å². The SMILES string of the molecule is CC(NC1CCCC1n1ccnc1)c1ccc(Cl)s1. The second-order valence-electron chi connectivity index (χ2n) is 5.14. The minimum Gasteiger partial charge on any atom is -0.333 e. The maximum absolute atomic E-state index is 6.01. The molecule has 2 heterocycles. The van der Waals surface area contributed by atoms with E-state index in [0.29, 0.717) is 18.1 Å². The molecule has 1 saturated carbocycles. The molecule has 3 nitrogen and oxygen atoms in total. The standard InChI is InChI=1S/C14H18ClN3S/c1-10(13-5-6-14(15)19-13)17-11-3-2-4-12(11)18-8-7-16-9-18/h5-12,17H,2-4H2,1H3. The molecule has 0 saturated heterocycles. The monoisotopic (exact) mass is 295 g/mol. The van der Waals surface area contributed by atoms with Crippen LogP contribution in [0.5, 0.6) is 0 Å². The highest BCUT2D eigenvalue weighted by atomic mass is 35.5. The van der Waals surface area contributed by atoms with E-state index in [2.05, 4.69) is 34.1 Å². The van der Waals surface area contributed by atoms with Crippen LogP contribution in [0.2, 0.25) is 4.34 Å². The highest BCUT2D eigenvalue weighted by Gasteiger charge is 2.29. The van der Waals surface area contributed by atoms with Crippen molar-refractivity contribution >= 4 is 22.9 Å². The van der Waals surface area contributed by atoms with Crippen molar-refractivity contribution in [2.24, 2.45) is 0 Å². The minimum absolute atomic E-state index is 0.353. The van der Waals surface area contributed by atoms with Crippen molar-refractivity contribution in [2.75, 3.05) is 0 Å².